The van der Waals surface area contributed by atoms with Crippen molar-refractivity contribution >= 4 is 39.9 Å². The molecule has 0 atom stereocenters. The summed E-state index contributed by atoms with van der Waals surface area (Å²) >= 11 is 6.22. The number of nitrogens with one attached hydrogen (secondary N) is 1. The SMILES string of the molecule is O=C(Nc1cccc2cnccc12)N1CCN(c2ncccc2Cl)CC1. The van der Waals surface area contributed by atoms with Crippen LogP contribution in [0.4, 0.5) is 16.3 Å². The summed E-state index contributed by atoms with van der Waals surface area (Å²) in [6.45, 7) is 2.63. The third-order valence-corrected chi connectivity index (χ3v) is 4.82. The lowest BCUT2D eigenvalue weighted by atomic mass is 10.1. The molecule has 26 heavy (non-hydrogen) atoms. The summed E-state index contributed by atoms with van der Waals surface area (Å²) in [7, 11) is 0. The minimum Gasteiger partial charge on any atom is -0.352 e. The average Bonchev–Trinajstić information content (AvgIpc) is 2.69. The summed E-state index contributed by atoms with van der Waals surface area (Å²) in [4.78, 5) is 25.0. The average molecular weight is 368 g/mol. The minimum absolute atomic E-state index is 0.0962. The number of fused-ring (bicyclic) bond motifs is 1. The number of carbonyl (C=O) groups excluding carboxylic acids is 1. The summed E-state index contributed by atoms with van der Waals surface area (Å²) in [6, 6.07) is 11.3. The third-order valence-electron chi connectivity index (χ3n) is 4.53. The van der Waals surface area contributed by atoms with E-state index in [-0.39, 0.29) is 6.03 Å². The number of pyridine rings is 2. The van der Waals surface area contributed by atoms with Crippen LogP contribution in [0.1, 0.15) is 0 Å². The molecule has 132 valence electrons. The number of amides is 2. The number of urea groups is 1. The van der Waals surface area contributed by atoms with E-state index in [4.69, 9.17) is 11.6 Å². The molecular formula is C19H18ClN5O. The van der Waals surface area contributed by atoms with E-state index in [1.54, 1.807) is 18.6 Å². The molecule has 1 N–H and O–H groups in total. The Hall–Kier alpha value is -2.86. The zero-order valence-electron chi connectivity index (χ0n) is 14.1. The summed E-state index contributed by atoms with van der Waals surface area (Å²) in [5.74, 6) is 0.774. The number of anilines is 2. The maximum Gasteiger partial charge on any atom is 0.321 e. The molecule has 0 aliphatic carbocycles. The van der Waals surface area contributed by atoms with Crippen LogP contribution in [-0.4, -0.2) is 47.1 Å². The fourth-order valence-corrected chi connectivity index (χ4v) is 3.40. The molecule has 0 unspecified atom stereocenters. The monoisotopic (exact) mass is 367 g/mol. The first kappa shape index (κ1) is 16.6. The molecule has 0 spiro atoms. The van der Waals surface area contributed by atoms with E-state index < -0.39 is 0 Å². The number of hydrogen-bond donors (Lipinski definition) is 1. The summed E-state index contributed by atoms with van der Waals surface area (Å²) in [6.07, 6.45) is 5.25. The van der Waals surface area contributed by atoms with E-state index >= 15 is 0 Å². The van der Waals surface area contributed by atoms with Gasteiger partial charge in [0.05, 0.1) is 10.7 Å². The topological polar surface area (TPSA) is 61.4 Å². The van der Waals surface area contributed by atoms with Crippen LogP contribution >= 0.6 is 11.6 Å². The van der Waals surface area contributed by atoms with Gasteiger partial charge >= 0.3 is 6.03 Å². The van der Waals surface area contributed by atoms with Gasteiger partial charge in [-0.2, -0.15) is 0 Å². The summed E-state index contributed by atoms with van der Waals surface area (Å²) < 4.78 is 0. The molecule has 1 aliphatic heterocycles. The van der Waals surface area contributed by atoms with Crippen molar-refractivity contribution in [3.8, 4) is 0 Å². The van der Waals surface area contributed by atoms with Gasteiger partial charge in [-0.25, -0.2) is 9.78 Å². The Morgan fingerprint density at radius 3 is 2.69 bits per heavy atom. The lowest BCUT2D eigenvalue weighted by Crippen LogP contribution is -2.50. The van der Waals surface area contributed by atoms with Crippen LogP contribution in [0.15, 0.2) is 55.0 Å². The van der Waals surface area contributed by atoms with E-state index in [1.165, 1.54) is 0 Å². The molecule has 1 aromatic carbocycles. The van der Waals surface area contributed by atoms with E-state index in [2.05, 4.69) is 20.2 Å². The molecule has 0 bridgehead atoms. The maximum absolute atomic E-state index is 12.7. The second-order valence-corrected chi connectivity index (χ2v) is 6.52. The predicted octanol–water partition coefficient (Wildman–Crippen LogP) is 3.64. The molecule has 3 aromatic rings. The van der Waals surface area contributed by atoms with Gasteiger partial charge in [-0.1, -0.05) is 23.7 Å². The highest BCUT2D eigenvalue weighted by atomic mass is 35.5. The standard InChI is InChI=1S/C19H18ClN5O/c20-16-4-2-7-22-18(16)24-9-11-25(12-10-24)19(26)23-17-5-1-3-14-13-21-8-6-15(14)17/h1-8,13H,9-12H2,(H,23,26). The minimum atomic E-state index is -0.0962. The summed E-state index contributed by atoms with van der Waals surface area (Å²) in [5.41, 5.74) is 0.796. The molecule has 7 heteroatoms. The molecule has 1 aliphatic rings. The summed E-state index contributed by atoms with van der Waals surface area (Å²) in [5, 5.41) is 5.63. The molecule has 2 aromatic heterocycles. The lowest BCUT2D eigenvalue weighted by Gasteiger charge is -2.35. The first-order valence-electron chi connectivity index (χ1n) is 8.46. The van der Waals surface area contributed by atoms with E-state index in [0.29, 0.717) is 31.2 Å². The van der Waals surface area contributed by atoms with Crippen LogP contribution in [0.5, 0.6) is 0 Å². The predicted molar refractivity (Wildman–Crippen MR) is 104 cm³/mol. The molecule has 3 heterocycles. The van der Waals surface area contributed by atoms with Crippen molar-refractivity contribution < 1.29 is 4.79 Å². The highest BCUT2D eigenvalue weighted by Gasteiger charge is 2.23. The van der Waals surface area contributed by atoms with Crippen LogP contribution in [0.2, 0.25) is 5.02 Å². The van der Waals surface area contributed by atoms with E-state index in [1.807, 2.05) is 41.3 Å². The Balaban J connectivity index is 1.43. The molecule has 2 amide bonds. The zero-order chi connectivity index (χ0) is 17.9. The van der Waals surface area contributed by atoms with Crippen LogP contribution < -0.4 is 10.2 Å². The lowest BCUT2D eigenvalue weighted by molar-refractivity contribution is 0.208. The highest BCUT2D eigenvalue weighted by Crippen LogP contribution is 2.25. The van der Waals surface area contributed by atoms with Crippen LogP contribution in [0.3, 0.4) is 0 Å². The van der Waals surface area contributed by atoms with Gasteiger partial charge in [0, 0.05) is 55.5 Å². The fraction of sp³-hybridized carbons (Fsp3) is 0.211. The molecule has 1 saturated heterocycles. The quantitative estimate of drug-likeness (QED) is 0.751. The number of halogens is 1. The van der Waals surface area contributed by atoms with Crippen LogP contribution in [0, 0.1) is 0 Å². The van der Waals surface area contributed by atoms with Crippen molar-refractivity contribution in [1.82, 2.24) is 14.9 Å². The molecular weight excluding hydrogens is 350 g/mol. The van der Waals surface area contributed by atoms with Crippen molar-refractivity contribution in [3.63, 3.8) is 0 Å². The molecule has 1 fully saturated rings. The van der Waals surface area contributed by atoms with Crippen LogP contribution in [0.25, 0.3) is 10.8 Å². The number of benzene rings is 1. The smallest absolute Gasteiger partial charge is 0.321 e. The molecule has 0 radical (unpaired) electrons. The van der Waals surface area contributed by atoms with Gasteiger partial charge in [0.1, 0.15) is 5.82 Å². The van der Waals surface area contributed by atoms with Gasteiger partial charge in [-0.3, -0.25) is 4.98 Å². The van der Waals surface area contributed by atoms with Gasteiger partial charge in [0.25, 0.3) is 0 Å². The maximum atomic E-state index is 12.7. The Morgan fingerprint density at radius 1 is 1.04 bits per heavy atom. The van der Waals surface area contributed by atoms with Gasteiger partial charge < -0.3 is 15.1 Å². The van der Waals surface area contributed by atoms with E-state index in [9.17, 15) is 4.79 Å². The molecule has 0 saturated carbocycles. The van der Waals surface area contributed by atoms with Crippen molar-refractivity contribution in [3.05, 3.63) is 60.0 Å². The molecule has 4 rings (SSSR count). The van der Waals surface area contributed by atoms with Crippen molar-refractivity contribution in [2.75, 3.05) is 36.4 Å². The largest absolute Gasteiger partial charge is 0.352 e. The number of hydrogen-bond acceptors (Lipinski definition) is 4. The van der Waals surface area contributed by atoms with Crippen molar-refractivity contribution in [1.29, 1.82) is 0 Å². The van der Waals surface area contributed by atoms with E-state index in [0.717, 1.165) is 22.3 Å². The second-order valence-electron chi connectivity index (χ2n) is 6.12. The number of carbonyl (C=O) groups is 1. The Labute approximate surface area is 156 Å². The van der Waals surface area contributed by atoms with Gasteiger partial charge in [0.15, 0.2) is 0 Å². The Morgan fingerprint density at radius 2 is 1.88 bits per heavy atom. The van der Waals surface area contributed by atoms with Gasteiger partial charge in [0.2, 0.25) is 0 Å². The van der Waals surface area contributed by atoms with Gasteiger partial charge in [-0.15, -0.1) is 0 Å². The number of nitrogens with zero attached hydrogens (tertiary/aromatic N) is 4. The second kappa shape index (κ2) is 7.17. The fourth-order valence-electron chi connectivity index (χ4n) is 3.16. The number of piperazine rings is 1. The molecule has 6 nitrogen and oxygen atoms in total. The van der Waals surface area contributed by atoms with Crippen molar-refractivity contribution in [2.24, 2.45) is 0 Å². The Kier molecular flexibility index (Phi) is 4.58. The van der Waals surface area contributed by atoms with Crippen molar-refractivity contribution in [2.45, 2.75) is 0 Å². The van der Waals surface area contributed by atoms with Crippen LogP contribution in [-0.2, 0) is 0 Å². The first-order chi connectivity index (χ1) is 12.7. The zero-order valence-corrected chi connectivity index (χ0v) is 14.9. The number of aromatic nitrogens is 2. The highest BCUT2D eigenvalue weighted by molar-refractivity contribution is 6.32. The third kappa shape index (κ3) is 3.28. The normalized spacial score (nSPS) is 14.5. The van der Waals surface area contributed by atoms with Gasteiger partial charge in [-0.05, 0) is 24.3 Å². The first-order valence-corrected chi connectivity index (χ1v) is 8.84. The Bertz CT molecular complexity index is 935. The number of rotatable bonds is 2.